The number of nitrogens with one attached hydrogen (secondary N) is 1. The van der Waals surface area contributed by atoms with Crippen LogP contribution in [0.25, 0.3) is 21.3 Å². The Balaban J connectivity index is 1.62. The van der Waals surface area contributed by atoms with E-state index < -0.39 is 0 Å². The number of amides is 1. The van der Waals surface area contributed by atoms with Gasteiger partial charge in [0.1, 0.15) is 5.82 Å². The quantitative estimate of drug-likeness (QED) is 0.659. The highest BCUT2D eigenvalue weighted by molar-refractivity contribution is 7.16. The zero-order valence-electron chi connectivity index (χ0n) is 15.5. The van der Waals surface area contributed by atoms with Crippen molar-refractivity contribution in [1.29, 1.82) is 0 Å². The third-order valence-electron chi connectivity index (χ3n) is 5.14. The minimum Gasteiger partial charge on any atom is -0.354 e. The smallest absolute Gasteiger partial charge is 0.217 e. The fourth-order valence-electron chi connectivity index (χ4n) is 3.82. The molecule has 0 saturated carbocycles. The first-order valence-electron chi connectivity index (χ1n) is 9.31. The molecule has 0 bridgehead atoms. The molecule has 1 amide bonds. The lowest BCUT2D eigenvalue weighted by atomic mass is 9.99. The van der Waals surface area contributed by atoms with Crippen molar-refractivity contribution in [3.05, 3.63) is 52.2 Å². The maximum Gasteiger partial charge on any atom is 0.217 e. The van der Waals surface area contributed by atoms with E-state index >= 15 is 4.39 Å². The topological polar surface area (TPSA) is 45.2 Å². The number of aromatic nitrogens is 1. The fraction of sp³-hybridized carbons (Fsp3) is 0.333. The van der Waals surface area contributed by atoms with Gasteiger partial charge in [-0.15, -0.1) is 11.3 Å². The molecule has 4 nitrogen and oxygen atoms in total. The molecule has 1 aromatic heterocycles. The van der Waals surface area contributed by atoms with E-state index in [1.54, 1.807) is 24.6 Å². The van der Waals surface area contributed by atoms with Crippen LogP contribution in [0.15, 0.2) is 35.8 Å². The van der Waals surface area contributed by atoms with Gasteiger partial charge in [0.05, 0.1) is 15.7 Å². The molecular formula is C21H21ClFN3OS. The second kappa shape index (κ2) is 8.15. The summed E-state index contributed by atoms with van der Waals surface area (Å²) in [5.41, 5.74) is 4.36. The number of halogens is 2. The summed E-state index contributed by atoms with van der Waals surface area (Å²) in [4.78, 5) is 17.9. The molecule has 0 unspecified atom stereocenters. The first kappa shape index (κ1) is 19.3. The SMILES string of the molecule is CC(=O)NC1CCN(Cc2cc3scnc3c(-c3cccc(Cl)c3)c2F)CC1. The lowest BCUT2D eigenvalue weighted by Gasteiger charge is -2.32. The van der Waals surface area contributed by atoms with Crippen LogP contribution in [-0.2, 0) is 11.3 Å². The second-order valence-electron chi connectivity index (χ2n) is 7.19. The monoisotopic (exact) mass is 417 g/mol. The standard InChI is InChI=1S/C21H21ClFN3OS/c1-13(27)25-17-5-7-26(8-6-17)11-15-10-18-21(24-12-28-18)19(20(15)23)14-3-2-4-16(22)9-14/h2-4,9-10,12,17H,5-8,11H2,1H3,(H,25,27). The van der Waals surface area contributed by atoms with Crippen molar-refractivity contribution in [3.8, 4) is 11.1 Å². The predicted molar refractivity (Wildman–Crippen MR) is 112 cm³/mol. The Labute approximate surface area is 172 Å². The molecule has 2 heterocycles. The maximum atomic E-state index is 15.5. The number of piperidine rings is 1. The number of carbonyl (C=O) groups is 1. The molecule has 0 spiro atoms. The number of hydrogen-bond donors (Lipinski definition) is 1. The molecule has 0 aliphatic carbocycles. The highest BCUT2D eigenvalue weighted by Gasteiger charge is 2.23. The summed E-state index contributed by atoms with van der Waals surface area (Å²) in [6.07, 6.45) is 1.76. The Morgan fingerprint density at radius 3 is 2.86 bits per heavy atom. The molecule has 146 valence electrons. The van der Waals surface area contributed by atoms with Gasteiger partial charge in [0, 0.05) is 48.7 Å². The number of likely N-dealkylation sites (tertiary alicyclic amines) is 1. The summed E-state index contributed by atoms with van der Waals surface area (Å²) < 4.78 is 16.5. The summed E-state index contributed by atoms with van der Waals surface area (Å²) in [6.45, 7) is 3.75. The Hall–Kier alpha value is -2.02. The number of hydrogen-bond acceptors (Lipinski definition) is 4. The van der Waals surface area contributed by atoms with E-state index in [0.717, 1.165) is 36.2 Å². The van der Waals surface area contributed by atoms with E-state index in [2.05, 4.69) is 15.2 Å². The number of nitrogens with zero attached hydrogens (tertiary/aromatic N) is 2. The van der Waals surface area contributed by atoms with Gasteiger partial charge in [0.2, 0.25) is 5.91 Å². The van der Waals surface area contributed by atoms with Gasteiger partial charge in [-0.05, 0) is 36.6 Å². The molecule has 7 heteroatoms. The highest BCUT2D eigenvalue weighted by Crippen LogP contribution is 2.36. The minimum absolute atomic E-state index is 0.00584. The van der Waals surface area contributed by atoms with Crippen molar-refractivity contribution >= 4 is 39.1 Å². The molecule has 1 fully saturated rings. The maximum absolute atomic E-state index is 15.5. The first-order valence-corrected chi connectivity index (χ1v) is 10.6. The number of rotatable bonds is 4. The van der Waals surface area contributed by atoms with E-state index in [9.17, 15) is 4.79 Å². The van der Waals surface area contributed by atoms with E-state index in [1.165, 1.54) is 11.3 Å². The van der Waals surface area contributed by atoms with Crippen LogP contribution in [0.5, 0.6) is 0 Å². The fourth-order valence-corrected chi connectivity index (χ4v) is 4.76. The van der Waals surface area contributed by atoms with E-state index in [4.69, 9.17) is 11.6 Å². The Morgan fingerprint density at radius 2 is 2.14 bits per heavy atom. The van der Waals surface area contributed by atoms with Gasteiger partial charge in [-0.2, -0.15) is 0 Å². The molecule has 0 atom stereocenters. The van der Waals surface area contributed by atoms with Gasteiger partial charge in [0.15, 0.2) is 0 Å². The van der Waals surface area contributed by atoms with Crippen molar-refractivity contribution in [2.45, 2.75) is 32.4 Å². The molecular weight excluding hydrogens is 397 g/mol. The summed E-state index contributed by atoms with van der Waals surface area (Å²) in [6, 6.07) is 9.38. The van der Waals surface area contributed by atoms with E-state index in [-0.39, 0.29) is 17.8 Å². The average molecular weight is 418 g/mol. The molecule has 3 aromatic rings. The molecule has 1 saturated heterocycles. The number of benzene rings is 2. The van der Waals surface area contributed by atoms with Gasteiger partial charge in [-0.25, -0.2) is 9.37 Å². The van der Waals surface area contributed by atoms with Crippen molar-refractivity contribution in [1.82, 2.24) is 15.2 Å². The van der Waals surface area contributed by atoms with Gasteiger partial charge in [-0.1, -0.05) is 23.7 Å². The normalized spacial score (nSPS) is 15.8. The lowest BCUT2D eigenvalue weighted by Crippen LogP contribution is -2.43. The molecule has 1 aliphatic rings. The van der Waals surface area contributed by atoms with E-state index in [0.29, 0.717) is 28.2 Å². The van der Waals surface area contributed by atoms with Crippen LogP contribution in [0.1, 0.15) is 25.3 Å². The van der Waals surface area contributed by atoms with Gasteiger partial charge >= 0.3 is 0 Å². The third kappa shape index (κ3) is 4.04. The lowest BCUT2D eigenvalue weighted by molar-refractivity contribution is -0.119. The molecule has 2 aromatic carbocycles. The summed E-state index contributed by atoms with van der Waals surface area (Å²) in [7, 11) is 0. The van der Waals surface area contributed by atoms with Crippen LogP contribution < -0.4 is 5.32 Å². The van der Waals surface area contributed by atoms with Crippen LogP contribution in [0.4, 0.5) is 4.39 Å². The van der Waals surface area contributed by atoms with Crippen molar-refractivity contribution < 1.29 is 9.18 Å². The molecule has 1 N–H and O–H groups in total. The van der Waals surface area contributed by atoms with Gasteiger partial charge in [0.25, 0.3) is 0 Å². The zero-order valence-corrected chi connectivity index (χ0v) is 17.1. The summed E-state index contributed by atoms with van der Waals surface area (Å²) in [5, 5.41) is 3.55. The minimum atomic E-state index is -0.232. The summed E-state index contributed by atoms with van der Waals surface area (Å²) >= 11 is 7.65. The largest absolute Gasteiger partial charge is 0.354 e. The zero-order chi connectivity index (χ0) is 19.7. The first-order chi connectivity index (χ1) is 13.5. The Morgan fingerprint density at radius 1 is 1.36 bits per heavy atom. The van der Waals surface area contributed by atoms with Gasteiger partial charge in [-0.3, -0.25) is 9.69 Å². The number of carbonyl (C=O) groups excluding carboxylic acids is 1. The Kier molecular flexibility index (Phi) is 5.62. The molecule has 4 rings (SSSR count). The van der Waals surface area contributed by atoms with Crippen LogP contribution in [-0.4, -0.2) is 34.9 Å². The Bertz CT molecular complexity index is 1010. The van der Waals surface area contributed by atoms with Crippen molar-refractivity contribution in [2.24, 2.45) is 0 Å². The molecule has 28 heavy (non-hydrogen) atoms. The van der Waals surface area contributed by atoms with Crippen LogP contribution in [0.2, 0.25) is 5.02 Å². The third-order valence-corrected chi connectivity index (χ3v) is 6.15. The van der Waals surface area contributed by atoms with Gasteiger partial charge < -0.3 is 5.32 Å². The second-order valence-corrected chi connectivity index (χ2v) is 8.51. The average Bonchev–Trinajstić information content (AvgIpc) is 3.11. The molecule has 0 radical (unpaired) electrons. The van der Waals surface area contributed by atoms with Crippen LogP contribution in [0.3, 0.4) is 0 Å². The predicted octanol–water partition coefficient (Wildman–Crippen LogP) is 4.86. The summed E-state index contributed by atoms with van der Waals surface area (Å²) in [5.74, 6) is -0.226. The van der Waals surface area contributed by atoms with Crippen molar-refractivity contribution in [2.75, 3.05) is 13.1 Å². The van der Waals surface area contributed by atoms with E-state index in [1.807, 2.05) is 18.2 Å². The number of fused-ring (bicyclic) bond motifs is 1. The molecule has 1 aliphatic heterocycles. The van der Waals surface area contributed by atoms with Crippen LogP contribution in [0, 0.1) is 5.82 Å². The number of thiazole rings is 1. The van der Waals surface area contributed by atoms with Crippen LogP contribution >= 0.6 is 22.9 Å². The highest BCUT2D eigenvalue weighted by atomic mass is 35.5. The van der Waals surface area contributed by atoms with Crippen molar-refractivity contribution in [3.63, 3.8) is 0 Å².